The molecule has 3 aromatic rings. The molecule has 5 nitrogen and oxygen atoms in total. The van der Waals surface area contributed by atoms with Crippen LogP contribution in [0, 0.1) is 13.8 Å². The van der Waals surface area contributed by atoms with E-state index in [4.69, 9.17) is 0 Å². The summed E-state index contributed by atoms with van der Waals surface area (Å²) in [5, 5.41) is 7.74. The number of hydrogen-bond acceptors (Lipinski definition) is 4. The summed E-state index contributed by atoms with van der Waals surface area (Å²) in [6.45, 7) is 4.72. The number of anilines is 1. The summed E-state index contributed by atoms with van der Waals surface area (Å²) in [7, 11) is 0. The molecule has 2 heterocycles. The van der Waals surface area contributed by atoms with Crippen LogP contribution in [0.1, 0.15) is 17.0 Å². The minimum absolute atomic E-state index is 0.731. The topological polar surface area (TPSA) is 55.6 Å². The van der Waals surface area contributed by atoms with Crippen molar-refractivity contribution in [2.45, 2.75) is 20.4 Å². The van der Waals surface area contributed by atoms with E-state index < -0.39 is 0 Å². The fourth-order valence-corrected chi connectivity index (χ4v) is 2.21. The number of aromatic nitrogens is 4. The molecule has 0 fully saturated rings. The molecule has 0 saturated heterocycles. The summed E-state index contributed by atoms with van der Waals surface area (Å²) in [5.41, 5.74) is 3.24. The second-order valence-corrected chi connectivity index (χ2v) is 4.94. The minimum atomic E-state index is 0.731. The van der Waals surface area contributed by atoms with Crippen LogP contribution < -0.4 is 5.32 Å². The normalized spacial score (nSPS) is 10.6. The number of aryl methyl sites for hydroxylation is 2. The summed E-state index contributed by atoms with van der Waals surface area (Å²) in [5.74, 6) is 1.56. The molecule has 0 radical (unpaired) electrons. The molecule has 1 N–H and O–H groups in total. The Kier molecular flexibility index (Phi) is 3.64. The number of nitrogens with one attached hydrogen (secondary N) is 1. The predicted octanol–water partition coefficient (Wildman–Crippen LogP) is 2.89. The van der Waals surface area contributed by atoms with E-state index in [1.54, 1.807) is 6.33 Å². The van der Waals surface area contributed by atoms with Crippen LogP contribution in [-0.4, -0.2) is 19.7 Å². The zero-order valence-corrected chi connectivity index (χ0v) is 12.1. The highest BCUT2D eigenvalue weighted by molar-refractivity contribution is 5.41. The van der Waals surface area contributed by atoms with Gasteiger partial charge in [-0.1, -0.05) is 30.3 Å². The van der Waals surface area contributed by atoms with E-state index in [1.807, 2.05) is 48.9 Å². The molecular weight excluding hydrogens is 262 g/mol. The first kappa shape index (κ1) is 13.3. The second kappa shape index (κ2) is 5.75. The number of rotatable bonds is 4. The molecule has 0 atom stereocenters. The Bertz CT molecular complexity index is 733. The SMILES string of the molecule is Cc1cc(C)n(-c2cc(NCc3ccccc3)ncn2)n1. The van der Waals surface area contributed by atoms with Crippen LogP contribution in [0.25, 0.3) is 5.82 Å². The molecule has 3 rings (SSSR count). The molecule has 106 valence electrons. The van der Waals surface area contributed by atoms with Gasteiger partial charge >= 0.3 is 0 Å². The predicted molar refractivity (Wildman–Crippen MR) is 82.4 cm³/mol. The number of benzene rings is 1. The van der Waals surface area contributed by atoms with Gasteiger partial charge in [-0.2, -0.15) is 5.10 Å². The van der Waals surface area contributed by atoms with Gasteiger partial charge in [0.15, 0.2) is 5.82 Å². The fraction of sp³-hybridized carbons (Fsp3) is 0.188. The van der Waals surface area contributed by atoms with Gasteiger partial charge in [-0.3, -0.25) is 0 Å². The highest BCUT2D eigenvalue weighted by atomic mass is 15.3. The lowest BCUT2D eigenvalue weighted by molar-refractivity contribution is 0.800. The van der Waals surface area contributed by atoms with Crippen molar-refractivity contribution in [3.05, 3.63) is 65.7 Å². The summed E-state index contributed by atoms with van der Waals surface area (Å²) in [4.78, 5) is 8.54. The zero-order chi connectivity index (χ0) is 14.7. The Morgan fingerprint density at radius 3 is 2.57 bits per heavy atom. The molecule has 0 bridgehead atoms. The fourth-order valence-electron chi connectivity index (χ4n) is 2.21. The van der Waals surface area contributed by atoms with Crippen LogP contribution in [0.4, 0.5) is 5.82 Å². The molecule has 0 aliphatic carbocycles. The maximum absolute atomic E-state index is 4.44. The van der Waals surface area contributed by atoms with Gasteiger partial charge in [0.1, 0.15) is 12.1 Å². The molecule has 1 aromatic carbocycles. The lowest BCUT2D eigenvalue weighted by atomic mass is 10.2. The Labute approximate surface area is 123 Å². The highest BCUT2D eigenvalue weighted by Gasteiger charge is 2.06. The summed E-state index contributed by atoms with van der Waals surface area (Å²) >= 11 is 0. The monoisotopic (exact) mass is 279 g/mol. The first-order valence-corrected chi connectivity index (χ1v) is 6.86. The molecule has 0 spiro atoms. The molecule has 0 aliphatic rings. The Morgan fingerprint density at radius 1 is 1.05 bits per heavy atom. The lowest BCUT2D eigenvalue weighted by Crippen LogP contribution is -2.06. The zero-order valence-electron chi connectivity index (χ0n) is 12.1. The molecule has 2 aromatic heterocycles. The first-order valence-electron chi connectivity index (χ1n) is 6.86. The van der Waals surface area contributed by atoms with Crippen molar-refractivity contribution in [2.24, 2.45) is 0 Å². The van der Waals surface area contributed by atoms with Gasteiger partial charge in [-0.05, 0) is 25.5 Å². The molecule has 0 unspecified atom stereocenters. The molecule has 21 heavy (non-hydrogen) atoms. The minimum Gasteiger partial charge on any atom is -0.366 e. The van der Waals surface area contributed by atoms with Crippen molar-refractivity contribution in [3.63, 3.8) is 0 Å². The van der Waals surface area contributed by atoms with E-state index in [0.717, 1.165) is 29.6 Å². The quantitative estimate of drug-likeness (QED) is 0.798. The van der Waals surface area contributed by atoms with E-state index in [-0.39, 0.29) is 0 Å². The van der Waals surface area contributed by atoms with Crippen molar-refractivity contribution < 1.29 is 0 Å². The van der Waals surface area contributed by atoms with Crippen LogP contribution >= 0.6 is 0 Å². The van der Waals surface area contributed by atoms with Gasteiger partial charge in [0.2, 0.25) is 0 Å². The van der Waals surface area contributed by atoms with Crippen molar-refractivity contribution in [1.29, 1.82) is 0 Å². The Balaban J connectivity index is 1.79. The maximum atomic E-state index is 4.44. The first-order chi connectivity index (χ1) is 10.2. The van der Waals surface area contributed by atoms with E-state index in [1.165, 1.54) is 5.56 Å². The van der Waals surface area contributed by atoms with Gasteiger partial charge < -0.3 is 5.32 Å². The van der Waals surface area contributed by atoms with Crippen molar-refractivity contribution in [2.75, 3.05) is 5.32 Å². The lowest BCUT2D eigenvalue weighted by Gasteiger charge is -2.08. The molecule has 0 amide bonds. The summed E-state index contributed by atoms with van der Waals surface area (Å²) in [6.07, 6.45) is 1.55. The third-order valence-corrected chi connectivity index (χ3v) is 3.20. The van der Waals surface area contributed by atoms with Crippen LogP contribution in [0.5, 0.6) is 0 Å². The average molecular weight is 279 g/mol. The molecular formula is C16H17N5. The Morgan fingerprint density at radius 2 is 1.86 bits per heavy atom. The largest absolute Gasteiger partial charge is 0.366 e. The van der Waals surface area contributed by atoms with Gasteiger partial charge in [-0.15, -0.1) is 0 Å². The molecule has 0 aliphatic heterocycles. The van der Waals surface area contributed by atoms with Crippen molar-refractivity contribution in [3.8, 4) is 5.82 Å². The van der Waals surface area contributed by atoms with Crippen molar-refractivity contribution >= 4 is 5.82 Å². The summed E-state index contributed by atoms with van der Waals surface area (Å²) in [6, 6.07) is 14.2. The van der Waals surface area contributed by atoms with Crippen molar-refractivity contribution in [1.82, 2.24) is 19.7 Å². The van der Waals surface area contributed by atoms with Crippen LogP contribution in [-0.2, 0) is 6.54 Å². The van der Waals surface area contributed by atoms with E-state index in [0.29, 0.717) is 0 Å². The van der Waals surface area contributed by atoms with Gasteiger partial charge in [0.25, 0.3) is 0 Å². The standard InChI is InChI=1S/C16H17N5/c1-12-8-13(2)21(20-12)16-9-15(18-11-19-16)17-10-14-6-4-3-5-7-14/h3-9,11H,10H2,1-2H3,(H,17,18,19). The Hall–Kier alpha value is -2.69. The average Bonchev–Trinajstić information content (AvgIpc) is 2.85. The van der Waals surface area contributed by atoms with E-state index >= 15 is 0 Å². The van der Waals surface area contributed by atoms with Crippen LogP contribution in [0.15, 0.2) is 48.8 Å². The van der Waals surface area contributed by atoms with E-state index in [2.05, 4.69) is 32.5 Å². The molecule has 5 heteroatoms. The molecule has 0 saturated carbocycles. The third-order valence-electron chi connectivity index (χ3n) is 3.20. The maximum Gasteiger partial charge on any atom is 0.159 e. The highest BCUT2D eigenvalue weighted by Crippen LogP contribution is 2.13. The second-order valence-electron chi connectivity index (χ2n) is 4.94. The van der Waals surface area contributed by atoms with Crippen LogP contribution in [0.2, 0.25) is 0 Å². The smallest absolute Gasteiger partial charge is 0.159 e. The van der Waals surface area contributed by atoms with E-state index in [9.17, 15) is 0 Å². The summed E-state index contributed by atoms with van der Waals surface area (Å²) < 4.78 is 1.82. The van der Waals surface area contributed by atoms with Gasteiger partial charge in [0, 0.05) is 18.3 Å². The number of nitrogens with zero attached hydrogens (tertiary/aromatic N) is 4. The third kappa shape index (κ3) is 3.08. The van der Waals surface area contributed by atoms with Gasteiger partial charge in [-0.25, -0.2) is 14.6 Å². The number of hydrogen-bond donors (Lipinski definition) is 1. The van der Waals surface area contributed by atoms with Gasteiger partial charge in [0.05, 0.1) is 5.69 Å². The van der Waals surface area contributed by atoms with Crippen LogP contribution in [0.3, 0.4) is 0 Å².